The van der Waals surface area contributed by atoms with E-state index in [9.17, 15) is 10.4 Å². The summed E-state index contributed by atoms with van der Waals surface area (Å²) in [6, 6.07) is 15.4. The van der Waals surface area contributed by atoms with Crippen molar-refractivity contribution in [2.75, 3.05) is 0 Å². The van der Waals surface area contributed by atoms with Crippen molar-refractivity contribution in [3.63, 3.8) is 0 Å². The Balaban J connectivity index is 1.46. The molecule has 4 aromatic rings. The Hall–Kier alpha value is -3.77. The van der Waals surface area contributed by atoms with E-state index < -0.39 is 5.25 Å². The molecule has 2 N–H and O–H groups in total. The number of benzene rings is 2. The molecule has 0 fully saturated rings. The summed E-state index contributed by atoms with van der Waals surface area (Å²) in [7, 11) is 0. The van der Waals surface area contributed by atoms with Gasteiger partial charge in [0.05, 0.1) is 16.3 Å². The first-order valence-corrected chi connectivity index (χ1v) is 10.8. The van der Waals surface area contributed by atoms with E-state index in [2.05, 4.69) is 20.2 Å². The van der Waals surface area contributed by atoms with Crippen LogP contribution in [0.4, 0.5) is 0 Å². The molecule has 9 heteroatoms. The summed E-state index contributed by atoms with van der Waals surface area (Å²) in [6.07, 6.45) is 0. The number of hydrogen-bond donors (Lipinski definition) is 2. The lowest BCUT2D eigenvalue weighted by molar-refractivity contribution is 0.250. The fraction of sp³-hybridized carbons (Fsp3) is 0.217. The molecule has 4 rings (SSSR count). The minimum atomic E-state index is -0.508. The Bertz CT molecular complexity index is 1300. The zero-order valence-electron chi connectivity index (χ0n) is 17.8. The molecule has 0 aliphatic carbocycles. The van der Waals surface area contributed by atoms with E-state index in [1.165, 1.54) is 0 Å². The van der Waals surface area contributed by atoms with Crippen molar-refractivity contribution < 1.29 is 14.3 Å². The number of ether oxygens (including phenoxy) is 1. The van der Waals surface area contributed by atoms with Gasteiger partial charge in [0.2, 0.25) is 0 Å². The number of aliphatic hydroxyl groups is 1. The van der Waals surface area contributed by atoms with Crippen LogP contribution in [0.2, 0.25) is 0 Å². The number of imidazole rings is 1. The summed E-state index contributed by atoms with van der Waals surface area (Å²) < 4.78 is 11.4. The number of para-hydroxylation sites is 2. The summed E-state index contributed by atoms with van der Waals surface area (Å²) in [6.45, 7) is 5.85. The number of H-pyrrole nitrogens is 1. The molecule has 0 saturated heterocycles. The van der Waals surface area contributed by atoms with Crippen LogP contribution in [0.1, 0.15) is 29.8 Å². The van der Waals surface area contributed by atoms with E-state index in [-0.39, 0.29) is 23.2 Å². The average Bonchev–Trinajstić information content (AvgIpc) is 3.41. The van der Waals surface area contributed by atoms with Crippen LogP contribution in [0.5, 0.6) is 5.75 Å². The van der Waals surface area contributed by atoms with Gasteiger partial charge in [0, 0.05) is 0 Å². The van der Waals surface area contributed by atoms with Crippen LogP contribution in [0.25, 0.3) is 16.6 Å². The van der Waals surface area contributed by atoms with Gasteiger partial charge in [-0.15, -0.1) is 10.2 Å². The molecule has 162 valence electrons. The van der Waals surface area contributed by atoms with E-state index >= 15 is 0 Å². The number of nitrogens with zero attached hydrogens (tertiary/aromatic N) is 4. The Morgan fingerprint density at radius 3 is 2.84 bits per heavy atom. The number of aryl methyl sites for hydroxylation is 2. The molecule has 0 spiro atoms. The second-order valence-electron chi connectivity index (χ2n) is 7.25. The maximum Gasteiger partial charge on any atom is 0.277 e. The lowest BCUT2D eigenvalue weighted by Crippen LogP contribution is -2.05. The molecule has 0 radical (unpaired) electrons. The first-order valence-electron chi connectivity index (χ1n) is 9.92. The highest BCUT2D eigenvalue weighted by Gasteiger charge is 2.21. The predicted molar refractivity (Wildman–Crippen MR) is 121 cm³/mol. The summed E-state index contributed by atoms with van der Waals surface area (Å²) in [5.41, 5.74) is 3.69. The molecule has 32 heavy (non-hydrogen) atoms. The number of aromatic amines is 1. The molecule has 0 aliphatic rings. The van der Waals surface area contributed by atoms with Crippen molar-refractivity contribution in [2.45, 2.75) is 37.9 Å². The summed E-state index contributed by atoms with van der Waals surface area (Å²) in [5.74, 6) is 1.27. The van der Waals surface area contributed by atoms with E-state index in [1.54, 1.807) is 6.92 Å². The van der Waals surface area contributed by atoms with Gasteiger partial charge in [0.25, 0.3) is 11.1 Å². The molecule has 0 amide bonds. The zero-order chi connectivity index (χ0) is 22.7. The Labute approximate surface area is 189 Å². The molecular weight excluding hydrogens is 426 g/mol. The number of aliphatic hydroxyl groups excluding tert-OH is 1. The maximum atomic E-state index is 10.7. The number of thioether (sulfide) groups is 1. The van der Waals surface area contributed by atoms with Crippen molar-refractivity contribution in [1.82, 2.24) is 20.2 Å². The van der Waals surface area contributed by atoms with Gasteiger partial charge in [-0.1, -0.05) is 36.0 Å². The van der Waals surface area contributed by atoms with Crippen molar-refractivity contribution in [3.8, 4) is 11.8 Å². The summed E-state index contributed by atoms with van der Waals surface area (Å²) in [5, 5.41) is 28.1. The SMILES string of the molecule is Cc1ccc(C)c(OCc2nnc(SC(C)/C(O)=C(\C#N)c3nc4ccccc4[nH]3)o2)c1. The van der Waals surface area contributed by atoms with E-state index in [0.29, 0.717) is 17.2 Å². The van der Waals surface area contributed by atoms with Crippen LogP contribution >= 0.6 is 11.8 Å². The molecule has 8 nitrogen and oxygen atoms in total. The third-order valence-corrected chi connectivity index (χ3v) is 5.74. The average molecular weight is 448 g/mol. The van der Waals surface area contributed by atoms with Crippen LogP contribution in [-0.2, 0) is 6.61 Å². The molecule has 0 aliphatic heterocycles. The van der Waals surface area contributed by atoms with Crippen molar-refractivity contribution in [3.05, 3.63) is 71.1 Å². The Kier molecular flexibility index (Phi) is 6.14. The number of allylic oxidation sites excluding steroid dienone is 1. The van der Waals surface area contributed by atoms with E-state index in [0.717, 1.165) is 34.2 Å². The Morgan fingerprint density at radius 2 is 2.06 bits per heavy atom. The van der Waals surface area contributed by atoms with Crippen LogP contribution < -0.4 is 4.74 Å². The zero-order valence-corrected chi connectivity index (χ0v) is 18.6. The molecule has 2 heterocycles. The molecule has 1 unspecified atom stereocenters. The number of fused-ring (bicyclic) bond motifs is 1. The second-order valence-corrected chi connectivity index (χ2v) is 8.55. The van der Waals surface area contributed by atoms with Crippen LogP contribution in [-0.4, -0.2) is 30.5 Å². The molecule has 1 atom stereocenters. The normalized spacial score (nSPS) is 12.9. The van der Waals surface area contributed by atoms with Gasteiger partial charge < -0.3 is 19.2 Å². The standard InChI is InChI=1S/C23H21N5O3S/c1-13-8-9-14(2)19(10-13)30-12-20-27-28-23(31-20)32-15(3)21(29)16(11-24)22-25-17-6-4-5-7-18(17)26-22/h4-10,15,29H,12H2,1-3H3,(H,25,26)/b21-16-. The van der Waals surface area contributed by atoms with Crippen LogP contribution in [0.3, 0.4) is 0 Å². The minimum absolute atomic E-state index is 0.0687. The first kappa shape index (κ1) is 21.5. The van der Waals surface area contributed by atoms with E-state index in [1.807, 2.05) is 62.4 Å². The van der Waals surface area contributed by atoms with Gasteiger partial charge in [0.1, 0.15) is 23.2 Å². The lowest BCUT2D eigenvalue weighted by atomic mass is 10.1. The van der Waals surface area contributed by atoms with Gasteiger partial charge in [-0.25, -0.2) is 4.98 Å². The number of aromatic nitrogens is 4. The number of rotatable bonds is 7. The lowest BCUT2D eigenvalue weighted by Gasteiger charge is -2.09. The maximum absolute atomic E-state index is 10.7. The monoisotopic (exact) mass is 447 g/mol. The summed E-state index contributed by atoms with van der Waals surface area (Å²) in [4.78, 5) is 7.45. The topological polar surface area (TPSA) is 121 Å². The third kappa shape index (κ3) is 4.60. The molecule has 0 saturated carbocycles. The van der Waals surface area contributed by atoms with Crippen molar-refractivity contribution in [2.24, 2.45) is 0 Å². The van der Waals surface area contributed by atoms with Gasteiger partial charge in [-0.05, 0) is 50.1 Å². The van der Waals surface area contributed by atoms with Crippen molar-refractivity contribution in [1.29, 1.82) is 5.26 Å². The molecule has 0 bridgehead atoms. The summed E-state index contributed by atoms with van der Waals surface area (Å²) >= 11 is 1.15. The first-order chi connectivity index (χ1) is 15.4. The van der Waals surface area contributed by atoms with Crippen LogP contribution in [0.15, 0.2) is 57.9 Å². The number of nitrogens with one attached hydrogen (secondary N) is 1. The highest BCUT2D eigenvalue weighted by Crippen LogP contribution is 2.30. The highest BCUT2D eigenvalue weighted by molar-refractivity contribution is 7.99. The largest absolute Gasteiger partial charge is 0.510 e. The molecule has 2 aromatic carbocycles. The third-order valence-electron chi connectivity index (χ3n) is 4.80. The van der Waals surface area contributed by atoms with Gasteiger partial charge in [-0.3, -0.25) is 0 Å². The second kappa shape index (κ2) is 9.16. The predicted octanol–water partition coefficient (Wildman–Crippen LogP) is 5.12. The quantitative estimate of drug-likeness (QED) is 0.228. The highest BCUT2D eigenvalue weighted by atomic mass is 32.2. The Morgan fingerprint density at radius 1 is 1.25 bits per heavy atom. The fourth-order valence-electron chi connectivity index (χ4n) is 3.06. The van der Waals surface area contributed by atoms with Crippen molar-refractivity contribution >= 4 is 28.4 Å². The smallest absolute Gasteiger partial charge is 0.277 e. The molecule has 2 aromatic heterocycles. The van der Waals surface area contributed by atoms with Gasteiger partial charge >= 0.3 is 0 Å². The minimum Gasteiger partial charge on any atom is -0.510 e. The van der Waals surface area contributed by atoms with Crippen LogP contribution in [0, 0.1) is 25.2 Å². The number of nitriles is 1. The van der Waals surface area contributed by atoms with Gasteiger partial charge in [0.15, 0.2) is 12.4 Å². The number of hydrogen-bond acceptors (Lipinski definition) is 8. The van der Waals surface area contributed by atoms with Gasteiger partial charge in [-0.2, -0.15) is 5.26 Å². The fourth-order valence-corrected chi connectivity index (χ4v) is 3.82. The molecular formula is C23H21N5O3S. The van der Waals surface area contributed by atoms with E-state index in [4.69, 9.17) is 9.15 Å².